The Bertz CT molecular complexity index is 671. The van der Waals surface area contributed by atoms with E-state index in [4.69, 9.17) is 0 Å². The van der Waals surface area contributed by atoms with Crippen LogP contribution in [0.5, 0.6) is 0 Å². The molecule has 1 heterocycles. The number of aromatic amines is 1. The van der Waals surface area contributed by atoms with Crippen LogP contribution >= 0.6 is 0 Å². The van der Waals surface area contributed by atoms with Gasteiger partial charge in [0.25, 0.3) is 0 Å². The van der Waals surface area contributed by atoms with Crippen molar-refractivity contribution in [1.29, 1.82) is 0 Å². The van der Waals surface area contributed by atoms with Gasteiger partial charge < -0.3 is 10.3 Å². The second-order valence-corrected chi connectivity index (χ2v) is 7.27. The normalized spacial score (nSPS) is 12.2. The first-order valence-corrected chi connectivity index (χ1v) is 10.00. The maximum absolute atomic E-state index is 12.1. The number of rotatable bonds is 12. The molecule has 0 saturated heterocycles. The molecule has 2 N–H and O–H groups in total. The molecule has 0 saturated carbocycles. The number of unbranched alkanes of at least 4 members (excludes halogenated alkanes) is 6. The number of hydrogen-bond acceptors (Lipinski definition) is 2. The van der Waals surface area contributed by atoms with Gasteiger partial charge in [0.2, 0.25) is 5.91 Å². The summed E-state index contributed by atoms with van der Waals surface area (Å²) in [6.07, 6.45) is 10.6. The second-order valence-electron chi connectivity index (χ2n) is 7.27. The van der Waals surface area contributed by atoms with E-state index in [1.165, 1.54) is 38.5 Å². The molecule has 0 aliphatic heterocycles. The zero-order valence-corrected chi connectivity index (χ0v) is 16.3. The first-order valence-electron chi connectivity index (χ1n) is 10.00. The smallest absolute Gasteiger partial charge is 0.246 e. The van der Waals surface area contributed by atoms with E-state index in [2.05, 4.69) is 28.8 Å². The summed E-state index contributed by atoms with van der Waals surface area (Å²) in [6.45, 7) is 7.75. The first-order chi connectivity index (χ1) is 12.6. The number of carbonyl (C=O) groups is 1. The molecule has 1 aromatic heterocycles. The van der Waals surface area contributed by atoms with Crippen molar-refractivity contribution in [3.8, 4) is 0 Å². The van der Waals surface area contributed by atoms with Gasteiger partial charge in [0.15, 0.2) is 0 Å². The van der Waals surface area contributed by atoms with Gasteiger partial charge in [-0.25, -0.2) is 4.98 Å². The van der Waals surface area contributed by atoms with E-state index < -0.39 is 0 Å². The first kappa shape index (κ1) is 20.2. The third kappa shape index (κ3) is 6.66. The topological polar surface area (TPSA) is 57.8 Å². The van der Waals surface area contributed by atoms with Gasteiger partial charge in [-0.3, -0.25) is 4.79 Å². The minimum atomic E-state index is -0.0611. The number of nitrogens with zero attached hydrogens (tertiary/aromatic N) is 1. The van der Waals surface area contributed by atoms with Gasteiger partial charge >= 0.3 is 0 Å². The molecule has 1 unspecified atom stereocenters. The zero-order chi connectivity index (χ0) is 18.8. The maximum Gasteiger partial charge on any atom is 0.246 e. The molecule has 4 nitrogen and oxygen atoms in total. The molecule has 2 rings (SSSR count). The fourth-order valence-electron chi connectivity index (χ4n) is 3.22. The Morgan fingerprint density at radius 1 is 1.15 bits per heavy atom. The molecule has 1 atom stereocenters. The third-order valence-corrected chi connectivity index (χ3v) is 4.76. The fraction of sp³-hybridized carbons (Fsp3) is 0.545. The lowest BCUT2D eigenvalue weighted by molar-refractivity contribution is -0.118. The Labute approximate surface area is 157 Å². The van der Waals surface area contributed by atoms with Crippen molar-refractivity contribution in [1.82, 2.24) is 15.3 Å². The van der Waals surface area contributed by atoms with E-state index in [0.717, 1.165) is 36.1 Å². The van der Waals surface area contributed by atoms with Crippen LogP contribution in [0.1, 0.15) is 71.0 Å². The predicted octanol–water partition coefficient (Wildman–Crippen LogP) is 5.31. The van der Waals surface area contributed by atoms with Gasteiger partial charge in [0.05, 0.1) is 11.0 Å². The molecule has 0 radical (unpaired) electrons. The van der Waals surface area contributed by atoms with Crippen LogP contribution in [0, 0.1) is 0 Å². The van der Waals surface area contributed by atoms with Gasteiger partial charge in [-0.15, -0.1) is 0 Å². The Kier molecular flexibility index (Phi) is 8.39. The largest absolute Gasteiger partial charge is 0.349 e. The number of para-hydroxylation sites is 2. The molecule has 2 aromatic rings. The number of imidazole rings is 1. The summed E-state index contributed by atoms with van der Waals surface area (Å²) in [4.78, 5) is 20.1. The summed E-state index contributed by atoms with van der Waals surface area (Å²) in [7, 11) is 0. The lowest BCUT2D eigenvalue weighted by atomic mass is 10.0. The Balaban J connectivity index is 1.88. The van der Waals surface area contributed by atoms with E-state index >= 15 is 0 Å². The summed E-state index contributed by atoms with van der Waals surface area (Å²) in [5.74, 6) is 0.871. The number of H-pyrrole nitrogens is 1. The summed E-state index contributed by atoms with van der Waals surface area (Å²) < 4.78 is 0. The highest BCUT2D eigenvalue weighted by molar-refractivity contribution is 5.92. The van der Waals surface area contributed by atoms with Gasteiger partial charge in [0, 0.05) is 18.0 Å². The molecule has 0 bridgehead atoms. The average Bonchev–Trinajstić information content (AvgIpc) is 3.02. The van der Waals surface area contributed by atoms with Gasteiger partial charge in [-0.2, -0.15) is 0 Å². The number of nitrogens with one attached hydrogen (secondary N) is 2. The van der Waals surface area contributed by atoms with Crippen LogP contribution < -0.4 is 5.32 Å². The molecule has 0 aliphatic rings. The van der Waals surface area contributed by atoms with Crippen LogP contribution in [0.25, 0.3) is 11.0 Å². The minimum Gasteiger partial charge on any atom is -0.349 e. The summed E-state index contributed by atoms with van der Waals surface area (Å²) in [6, 6.07) is 8.13. The third-order valence-electron chi connectivity index (χ3n) is 4.76. The zero-order valence-electron chi connectivity index (χ0n) is 16.3. The van der Waals surface area contributed by atoms with E-state index in [1.54, 1.807) is 6.92 Å². The van der Waals surface area contributed by atoms with Crippen molar-refractivity contribution in [2.24, 2.45) is 0 Å². The molecule has 1 aromatic carbocycles. The lowest BCUT2D eigenvalue weighted by Crippen LogP contribution is -2.37. The average molecular weight is 356 g/mol. The number of hydrogen-bond donors (Lipinski definition) is 2. The molecule has 1 amide bonds. The highest BCUT2D eigenvalue weighted by Gasteiger charge is 2.15. The monoisotopic (exact) mass is 355 g/mol. The number of carbonyl (C=O) groups excluding carboxylic acids is 1. The highest BCUT2D eigenvalue weighted by Crippen LogP contribution is 2.15. The van der Waals surface area contributed by atoms with Crippen LogP contribution in [0.3, 0.4) is 0 Å². The summed E-state index contributed by atoms with van der Waals surface area (Å²) in [5.41, 5.74) is 2.57. The Morgan fingerprint density at radius 2 is 1.85 bits per heavy atom. The molecule has 0 fully saturated rings. The van der Waals surface area contributed by atoms with Crippen LogP contribution in [0.4, 0.5) is 0 Å². The molecule has 0 aliphatic carbocycles. The van der Waals surface area contributed by atoms with Crippen molar-refractivity contribution in [3.63, 3.8) is 0 Å². The van der Waals surface area contributed by atoms with Crippen LogP contribution in [0.2, 0.25) is 0 Å². The molecule has 4 heteroatoms. The molecule has 142 valence electrons. The predicted molar refractivity (Wildman–Crippen MR) is 109 cm³/mol. The molecular weight excluding hydrogens is 322 g/mol. The SMILES string of the molecule is C=C(C)C(=O)NC(CCCCCCCCC)Cc1nc2ccccc2[nH]1. The Morgan fingerprint density at radius 3 is 2.54 bits per heavy atom. The van der Waals surface area contributed by atoms with Crippen LogP contribution in [-0.4, -0.2) is 21.9 Å². The number of fused-ring (bicyclic) bond motifs is 1. The van der Waals surface area contributed by atoms with Crippen molar-refractivity contribution >= 4 is 16.9 Å². The van der Waals surface area contributed by atoms with E-state index in [9.17, 15) is 4.79 Å². The molecular formula is C22H33N3O. The van der Waals surface area contributed by atoms with Crippen LogP contribution in [0.15, 0.2) is 36.4 Å². The van der Waals surface area contributed by atoms with Gasteiger partial charge in [0.1, 0.15) is 5.82 Å². The van der Waals surface area contributed by atoms with Gasteiger partial charge in [-0.05, 0) is 25.5 Å². The standard InChI is InChI=1S/C22H33N3O/c1-4-5-6-7-8-9-10-13-18(23-22(26)17(2)3)16-21-24-19-14-11-12-15-20(19)25-21/h11-12,14-15,18H,2,4-10,13,16H2,1,3H3,(H,23,26)(H,24,25). The quantitative estimate of drug-likeness (QED) is 0.400. The van der Waals surface area contributed by atoms with Crippen molar-refractivity contribution < 1.29 is 4.79 Å². The maximum atomic E-state index is 12.1. The van der Waals surface area contributed by atoms with Crippen LogP contribution in [-0.2, 0) is 11.2 Å². The fourth-order valence-corrected chi connectivity index (χ4v) is 3.22. The highest BCUT2D eigenvalue weighted by atomic mass is 16.1. The second kappa shape index (κ2) is 10.8. The lowest BCUT2D eigenvalue weighted by Gasteiger charge is -2.18. The number of aromatic nitrogens is 2. The number of amides is 1. The summed E-state index contributed by atoms with van der Waals surface area (Å²) in [5, 5.41) is 3.12. The van der Waals surface area contributed by atoms with Gasteiger partial charge in [-0.1, -0.05) is 70.6 Å². The van der Waals surface area contributed by atoms with Crippen molar-refractivity contribution in [3.05, 3.63) is 42.2 Å². The molecule has 0 spiro atoms. The van der Waals surface area contributed by atoms with E-state index in [0.29, 0.717) is 5.57 Å². The van der Waals surface area contributed by atoms with Crippen molar-refractivity contribution in [2.75, 3.05) is 0 Å². The van der Waals surface area contributed by atoms with E-state index in [-0.39, 0.29) is 11.9 Å². The molecule has 26 heavy (non-hydrogen) atoms. The number of benzene rings is 1. The van der Waals surface area contributed by atoms with Crippen molar-refractivity contribution in [2.45, 2.75) is 77.7 Å². The summed E-state index contributed by atoms with van der Waals surface area (Å²) >= 11 is 0. The Hall–Kier alpha value is -2.10. The minimum absolute atomic E-state index is 0.0611. The van der Waals surface area contributed by atoms with E-state index in [1.807, 2.05) is 24.3 Å².